The van der Waals surface area contributed by atoms with Gasteiger partial charge < -0.3 is 15.1 Å². The number of aliphatic carboxylic acids is 2. The first-order valence-electron chi connectivity index (χ1n) is 13.9. The van der Waals surface area contributed by atoms with Crippen LogP contribution in [0.5, 0.6) is 0 Å². The lowest BCUT2D eigenvalue weighted by molar-refractivity contribution is -0.138. The summed E-state index contributed by atoms with van der Waals surface area (Å²) in [7, 11) is 0. The first kappa shape index (κ1) is 31.6. The van der Waals surface area contributed by atoms with E-state index in [0.717, 1.165) is 32.5 Å². The van der Waals surface area contributed by atoms with E-state index in [-0.39, 0.29) is 12.8 Å². The molecular weight excluding hydrogens is 414 g/mol. The molecule has 0 fully saturated rings. The molecule has 0 aliphatic carbocycles. The quantitative estimate of drug-likeness (QED) is 0.100. The van der Waals surface area contributed by atoms with E-state index in [4.69, 9.17) is 10.2 Å². The highest BCUT2D eigenvalue weighted by molar-refractivity contribution is 5.66. The Morgan fingerprint density at radius 3 is 1.33 bits per heavy atom. The van der Waals surface area contributed by atoms with Crippen molar-refractivity contribution in [3.05, 3.63) is 12.2 Å². The van der Waals surface area contributed by atoms with Gasteiger partial charge in [-0.1, -0.05) is 76.9 Å². The summed E-state index contributed by atoms with van der Waals surface area (Å²) >= 11 is 0. The molecule has 2 N–H and O–H groups in total. The summed E-state index contributed by atoms with van der Waals surface area (Å²) in [6, 6.07) is 0. The Hall–Kier alpha value is -1.36. The van der Waals surface area contributed by atoms with Gasteiger partial charge in [0.25, 0.3) is 0 Å². The molecule has 0 bridgehead atoms. The van der Waals surface area contributed by atoms with E-state index >= 15 is 0 Å². The lowest BCUT2D eigenvalue weighted by Gasteiger charge is -2.22. The average Bonchev–Trinajstić information content (AvgIpc) is 2.78. The third-order valence-electron chi connectivity index (χ3n) is 6.22. The number of nitrogens with zero attached hydrogens (tertiary/aromatic N) is 1. The highest BCUT2D eigenvalue weighted by Gasteiger charge is 2.06. The fraction of sp³-hybridized carbons (Fsp3) is 0.857. The summed E-state index contributed by atoms with van der Waals surface area (Å²) in [5.74, 6) is -1.45. The molecule has 0 saturated heterocycles. The van der Waals surface area contributed by atoms with E-state index in [0.29, 0.717) is 12.8 Å². The predicted octanol–water partition coefficient (Wildman–Crippen LogP) is 7.84. The number of carbonyl (C=O) groups is 2. The average molecular weight is 468 g/mol. The van der Waals surface area contributed by atoms with Crippen LogP contribution in [0, 0.1) is 0 Å². The van der Waals surface area contributed by atoms with Crippen molar-refractivity contribution < 1.29 is 19.8 Å². The number of hydrogen-bond acceptors (Lipinski definition) is 3. The second kappa shape index (κ2) is 25.3. The third kappa shape index (κ3) is 26.8. The van der Waals surface area contributed by atoms with E-state index in [2.05, 4.69) is 24.0 Å². The van der Waals surface area contributed by atoms with Crippen molar-refractivity contribution in [2.75, 3.05) is 19.6 Å². The number of allylic oxidation sites excluding steroid dienone is 2. The topological polar surface area (TPSA) is 77.8 Å². The maximum Gasteiger partial charge on any atom is 0.303 e. The number of rotatable bonds is 26. The predicted molar refractivity (Wildman–Crippen MR) is 139 cm³/mol. The SMILES string of the molecule is CCCCCCCC/C=C\CCCCCCCCN(CCCCC(=O)O)CCCCC(=O)O. The zero-order chi connectivity index (χ0) is 24.4. The van der Waals surface area contributed by atoms with Gasteiger partial charge in [0, 0.05) is 12.8 Å². The maximum absolute atomic E-state index is 10.7. The molecule has 0 saturated carbocycles. The van der Waals surface area contributed by atoms with Gasteiger partial charge in [0.05, 0.1) is 0 Å². The molecule has 0 aliphatic rings. The van der Waals surface area contributed by atoms with Gasteiger partial charge in [-0.3, -0.25) is 9.59 Å². The zero-order valence-corrected chi connectivity index (χ0v) is 21.6. The van der Waals surface area contributed by atoms with Crippen LogP contribution in [0.2, 0.25) is 0 Å². The highest BCUT2D eigenvalue weighted by atomic mass is 16.4. The minimum atomic E-state index is -0.726. The van der Waals surface area contributed by atoms with Crippen LogP contribution in [0.25, 0.3) is 0 Å². The summed E-state index contributed by atoms with van der Waals surface area (Å²) in [6.45, 7) is 5.15. The van der Waals surface area contributed by atoms with Crippen LogP contribution in [-0.4, -0.2) is 46.7 Å². The Morgan fingerprint density at radius 2 is 0.909 bits per heavy atom. The van der Waals surface area contributed by atoms with E-state index in [1.54, 1.807) is 0 Å². The summed E-state index contributed by atoms with van der Waals surface area (Å²) in [4.78, 5) is 23.8. The van der Waals surface area contributed by atoms with Crippen LogP contribution in [0.4, 0.5) is 0 Å². The number of carboxylic acids is 2. The van der Waals surface area contributed by atoms with Gasteiger partial charge in [-0.05, 0) is 77.4 Å². The molecule has 0 radical (unpaired) electrons. The molecule has 194 valence electrons. The Bertz CT molecular complexity index is 457. The Balaban J connectivity index is 3.68. The normalized spacial score (nSPS) is 11.6. The monoisotopic (exact) mass is 467 g/mol. The zero-order valence-electron chi connectivity index (χ0n) is 21.6. The van der Waals surface area contributed by atoms with Crippen molar-refractivity contribution in [1.29, 1.82) is 0 Å². The fourth-order valence-electron chi connectivity index (χ4n) is 4.14. The van der Waals surface area contributed by atoms with E-state index < -0.39 is 11.9 Å². The lowest BCUT2D eigenvalue weighted by atomic mass is 10.1. The summed E-state index contributed by atoms with van der Waals surface area (Å²) in [6.07, 6.45) is 26.8. The molecule has 0 rings (SSSR count). The molecular formula is C28H53NO4. The van der Waals surface area contributed by atoms with Crippen molar-refractivity contribution in [1.82, 2.24) is 4.90 Å². The minimum Gasteiger partial charge on any atom is -0.481 e. The molecule has 33 heavy (non-hydrogen) atoms. The van der Waals surface area contributed by atoms with Crippen molar-refractivity contribution >= 4 is 11.9 Å². The fourth-order valence-corrected chi connectivity index (χ4v) is 4.14. The molecule has 0 spiro atoms. The first-order valence-corrected chi connectivity index (χ1v) is 13.9. The molecule has 0 aromatic carbocycles. The van der Waals surface area contributed by atoms with E-state index in [9.17, 15) is 9.59 Å². The molecule has 5 nitrogen and oxygen atoms in total. The van der Waals surface area contributed by atoms with Crippen LogP contribution >= 0.6 is 0 Å². The van der Waals surface area contributed by atoms with Crippen molar-refractivity contribution in [2.45, 2.75) is 135 Å². The number of unbranched alkanes of at least 4 members (excludes halogenated alkanes) is 14. The van der Waals surface area contributed by atoms with Crippen LogP contribution in [-0.2, 0) is 9.59 Å². The Kier molecular flexibility index (Phi) is 24.2. The number of hydrogen-bond donors (Lipinski definition) is 2. The molecule has 0 amide bonds. The molecule has 5 heteroatoms. The van der Waals surface area contributed by atoms with E-state index in [1.807, 2.05) is 0 Å². The van der Waals surface area contributed by atoms with Gasteiger partial charge >= 0.3 is 11.9 Å². The van der Waals surface area contributed by atoms with Gasteiger partial charge in [-0.15, -0.1) is 0 Å². The summed E-state index contributed by atoms with van der Waals surface area (Å²) in [5.41, 5.74) is 0. The van der Waals surface area contributed by atoms with Gasteiger partial charge in [0.2, 0.25) is 0 Å². The summed E-state index contributed by atoms with van der Waals surface area (Å²) in [5, 5.41) is 17.6. The molecule has 0 unspecified atom stereocenters. The molecule has 0 aromatic rings. The van der Waals surface area contributed by atoms with Crippen molar-refractivity contribution in [3.63, 3.8) is 0 Å². The smallest absolute Gasteiger partial charge is 0.303 e. The Morgan fingerprint density at radius 1 is 0.545 bits per heavy atom. The van der Waals surface area contributed by atoms with Gasteiger partial charge in [0.1, 0.15) is 0 Å². The standard InChI is InChI=1S/C28H53NO4/c1-2-3-4-5-6-7-8-9-10-11-12-13-14-15-16-19-24-29(25-20-17-22-27(30)31)26-21-18-23-28(32)33/h9-10H,2-8,11-26H2,1H3,(H,30,31)(H,32,33)/b10-9-. The van der Waals surface area contributed by atoms with Crippen molar-refractivity contribution in [3.8, 4) is 0 Å². The lowest BCUT2D eigenvalue weighted by Crippen LogP contribution is -2.27. The minimum absolute atomic E-state index is 0.237. The molecule has 0 atom stereocenters. The highest BCUT2D eigenvalue weighted by Crippen LogP contribution is 2.11. The van der Waals surface area contributed by atoms with Crippen LogP contribution < -0.4 is 0 Å². The van der Waals surface area contributed by atoms with E-state index in [1.165, 1.54) is 89.9 Å². The number of carboxylic acid groups (broad SMARTS) is 2. The van der Waals surface area contributed by atoms with Crippen LogP contribution in [0.3, 0.4) is 0 Å². The second-order valence-corrected chi connectivity index (χ2v) is 9.48. The molecule has 0 aliphatic heterocycles. The second-order valence-electron chi connectivity index (χ2n) is 9.48. The van der Waals surface area contributed by atoms with Crippen LogP contribution in [0.1, 0.15) is 135 Å². The largest absolute Gasteiger partial charge is 0.481 e. The van der Waals surface area contributed by atoms with Gasteiger partial charge in [-0.2, -0.15) is 0 Å². The third-order valence-corrected chi connectivity index (χ3v) is 6.22. The molecule has 0 aromatic heterocycles. The van der Waals surface area contributed by atoms with Gasteiger partial charge in [0.15, 0.2) is 0 Å². The van der Waals surface area contributed by atoms with Crippen LogP contribution in [0.15, 0.2) is 12.2 Å². The summed E-state index contributed by atoms with van der Waals surface area (Å²) < 4.78 is 0. The molecule has 0 heterocycles. The van der Waals surface area contributed by atoms with Gasteiger partial charge in [-0.25, -0.2) is 0 Å². The first-order chi connectivity index (χ1) is 16.1. The maximum atomic E-state index is 10.7. The van der Waals surface area contributed by atoms with Crippen molar-refractivity contribution in [2.24, 2.45) is 0 Å². The Labute approximate surface area is 204 Å².